The highest BCUT2D eigenvalue weighted by atomic mass is 32.1. The van der Waals surface area contributed by atoms with E-state index in [0.717, 1.165) is 26.8 Å². The highest BCUT2D eigenvalue weighted by Gasteiger charge is 2.19. The van der Waals surface area contributed by atoms with Gasteiger partial charge in [-0.1, -0.05) is 78.9 Å². The first-order valence-corrected chi connectivity index (χ1v) is 10.6. The molecule has 5 heteroatoms. The van der Waals surface area contributed by atoms with Crippen LogP contribution in [-0.4, -0.2) is 18.5 Å². The number of carbonyl (C=O) groups is 2. The first-order valence-electron chi connectivity index (χ1n) is 9.70. The third-order valence-corrected chi connectivity index (χ3v) is 5.78. The SMILES string of the molecule is O=C(COC(=O)Cc1cccc2ccccc12)N[C@@H](c1ccccc1)c1cccs1. The third-order valence-electron chi connectivity index (χ3n) is 4.84. The quantitative estimate of drug-likeness (QED) is 0.437. The van der Waals surface area contributed by atoms with Crippen LogP contribution in [0.4, 0.5) is 0 Å². The Kier molecular flexibility index (Phi) is 6.20. The van der Waals surface area contributed by atoms with Crippen LogP contribution in [0.25, 0.3) is 10.8 Å². The number of rotatable bonds is 7. The Labute approximate surface area is 179 Å². The first kappa shape index (κ1) is 19.9. The van der Waals surface area contributed by atoms with Crippen molar-refractivity contribution in [1.29, 1.82) is 0 Å². The van der Waals surface area contributed by atoms with Crippen LogP contribution in [0.5, 0.6) is 0 Å². The van der Waals surface area contributed by atoms with Crippen molar-refractivity contribution in [2.45, 2.75) is 12.5 Å². The zero-order valence-corrected chi connectivity index (χ0v) is 17.1. The smallest absolute Gasteiger partial charge is 0.310 e. The summed E-state index contributed by atoms with van der Waals surface area (Å²) in [5.41, 5.74) is 1.87. The van der Waals surface area contributed by atoms with Gasteiger partial charge in [-0.3, -0.25) is 9.59 Å². The van der Waals surface area contributed by atoms with Gasteiger partial charge < -0.3 is 10.1 Å². The number of fused-ring (bicyclic) bond motifs is 1. The molecule has 0 spiro atoms. The highest BCUT2D eigenvalue weighted by Crippen LogP contribution is 2.26. The van der Waals surface area contributed by atoms with E-state index < -0.39 is 5.97 Å². The number of esters is 1. The van der Waals surface area contributed by atoms with Crippen LogP contribution in [0.3, 0.4) is 0 Å². The Hall–Kier alpha value is -3.44. The molecule has 0 radical (unpaired) electrons. The number of benzene rings is 3. The van der Waals surface area contributed by atoms with Gasteiger partial charge in [0.25, 0.3) is 5.91 Å². The molecule has 1 heterocycles. The molecule has 0 aliphatic rings. The van der Waals surface area contributed by atoms with Gasteiger partial charge in [-0.15, -0.1) is 11.3 Å². The summed E-state index contributed by atoms with van der Waals surface area (Å²) in [6.45, 7) is -0.307. The van der Waals surface area contributed by atoms with Crippen LogP contribution in [0.1, 0.15) is 22.0 Å². The van der Waals surface area contributed by atoms with Gasteiger partial charge in [0, 0.05) is 4.88 Å². The van der Waals surface area contributed by atoms with Gasteiger partial charge in [-0.25, -0.2) is 0 Å². The van der Waals surface area contributed by atoms with Crippen LogP contribution in [-0.2, 0) is 20.7 Å². The van der Waals surface area contributed by atoms with Crippen LogP contribution in [0, 0.1) is 0 Å². The third kappa shape index (κ3) is 4.75. The maximum absolute atomic E-state index is 12.5. The first-order chi connectivity index (χ1) is 14.7. The molecule has 30 heavy (non-hydrogen) atoms. The van der Waals surface area contributed by atoms with Crippen molar-refractivity contribution in [3.05, 3.63) is 106 Å². The van der Waals surface area contributed by atoms with Crippen LogP contribution in [0.2, 0.25) is 0 Å². The van der Waals surface area contributed by atoms with E-state index in [-0.39, 0.29) is 25.0 Å². The van der Waals surface area contributed by atoms with Gasteiger partial charge in [0.15, 0.2) is 6.61 Å². The zero-order chi connectivity index (χ0) is 20.8. The zero-order valence-electron chi connectivity index (χ0n) is 16.3. The molecule has 1 amide bonds. The lowest BCUT2D eigenvalue weighted by molar-refractivity contribution is -0.148. The fraction of sp³-hybridized carbons (Fsp3) is 0.120. The molecule has 0 unspecified atom stereocenters. The Morgan fingerprint density at radius 2 is 1.63 bits per heavy atom. The summed E-state index contributed by atoms with van der Waals surface area (Å²) in [6, 6.07) is 27.1. The number of amides is 1. The number of hydrogen-bond donors (Lipinski definition) is 1. The van der Waals surface area contributed by atoms with E-state index in [2.05, 4.69) is 5.32 Å². The molecule has 150 valence electrons. The van der Waals surface area contributed by atoms with E-state index in [4.69, 9.17) is 4.74 Å². The number of carbonyl (C=O) groups excluding carboxylic acids is 2. The van der Waals surface area contributed by atoms with Gasteiger partial charge in [0.2, 0.25) is 0 Å². The molecule has 3 aromatic carbocycles. The molecule has 0 aliphatic carbocycles. The largest absolute Gasteiger partial charge is 0.455 e. The normalized spacial score (nSPS) is 11.7. The van der Waals surface area contributed by atoms with Crippen LogP contribution in [0.15, 0.2) is 90.3 Å². The van der Waals surface area contributed by atoms with Gasteiger partial charge >= 0.3 is 5.97 Å². The number of thiophene rings is 1. The lowest BCUT2D eigenvalue weighted by Crippen LogP contribution is -2.32. The monoisotopic (exact) mass is 415 g/mol. The van der Waals surface area contributed by atoms with Gasteiger partial charge in [0.1, 0.15) is 0 Å². The van der Waals surface area contributed by atoms with Crippen molar-refractivity contribution >= 4 is 34.0 Å². The second-order valence-corrected chi connectivity index (χ2v) is 7.88. The maximum atomic E-state index is 12.5. The molecule has 4 nitrogen and oxygen atoms in total. The fourth-order valence-corrected chi connectivity index (χ4v) is 4.22. The Bertz CT molecular complexity index is 1130. The predicted molar refractivity (Wildman–Crippen MR) is 119 cm³/mol. The molecule has 4 rings (SSSR count). The Balaban J connectivity index is 1.38. The van der Waals surface area contributed by atoms with Crippen molar-refractivity contribution in [2.24, 2.45) is 0 Å². The summed E-state index contributed by atoms with van der Waals surface area (Å²) in [7, 11) is 0. The van der Waals surface area contributed by atoms with Crippen molar-refractivity contribution in [3.8, 4) is 0 Å². The molecule has 0 saturated heterocycles. The van der Waals surface area contributed by atoms with Crippen LogP contribution < -0.4 is 5.32 Å². The number of ether oxygens (including phenoxy) is 1. The number of hydrogen-bond acceptors (Lipinski definition) is 4. The minimum Gasteiger partial charge on any atom is -0.455 e. The van der Waals surface area contributed by atoms with Gasteiger partial charge in [-0.2, -0.15) is 0 Å². The summed E-state index contributed by atoms with van der Waals surface area (Å²) >= 11 is 1.57. The standard InChI is InChI=1S/C25H21NO3S/c27-23(26-25(22-14-7-15-30-22)19-9-2-1-3-10-19)17-29-24(28)16-20-12-6-11-18-8-4-5-13-21(18)20/h1-15,25H,16-17H2,(H,26,27)/t25-/m0/s1. The Morgan fingerprint density at radius 3 is 2.43 bits per heavy atom. The molecule has 1 N–H and O–H groups in total. The maximum Gasteiger partial charge on any atom is 0.310 e. The highest BCUT2D eigenvalue weighted by molar-refractivity contribution is 7.10. The second-order valence-electron chi connectivity index (χ2n) is 6.90. The fourth-order valence-electron chi connectivity index (χ4n) is 3.42. The van der Waals surface area contributed by atoms with Crippen molar-refractivity contribution in [1.82, 2.24) is 5.32 Å². The van der Waals surface area contributed by atoms with E-state index in [1.54, 1.807) is 11.3 Å². The molecule has 0 aliphatic heterocycles. The topological polar surface area (TPSA) is 55.4 Å². The van der Waals surface area contributed by atoms with E-state index >= 15 is 0 Å². The van der Waals surface area contributed by atoms with E-state index in [0.29, 0.717) is 0 Å². The summed E-state index contributed by atoms with van der Waals surface area (Å²) in [6.07, 6.45) is 0.127. The Morgan fingerprint density at radius 1 is 0.867 bits per heavy atom. The van der Waals surface area contributed by atoms with Gasteiger partial charge in [-0.05, 0) is 33.3 Å². The van der Waals surface area contributed by atoms with Crippen molar-refractivity contribution < 1.29 is 14.3 Å². The van der Waals surface area contributed by atoms with Crippen molar-refractivity contribution in [2.75, 3.05) is 6.61 Å². The van der Waals surface area contributed by atoms with E-state index in [1.807, 2.05) is 90.3 Å². The van der Waals surface area contributed by atoms with Crippen LogP contribution >= 0.6 is 11.3 Å². The molecule has 0 bridgehead atoms. The van der Waals surface area contributed by atoms with E-state index in [1.165, 1.54) is 0 Å². The minimum atomic E-state index is -0.422. The average molecular weight is 416 g/mol. The van der Waals surface area contributed by atoms with Crippen molar-refractivity contribution in [3.63, 3.8) is 0 Å². The lowest BCUT2D eigenvalue weighted by atomic mass is 10.0. The van der Waals surface area contributed by atoms with E-state index in [9.17, 15) is 9.59 Å². The lowest BCUT2D eigenvalue weighted by Gasteiger charge is -2.18. The summed E-state index contributed by atoms with van der Waals surface area (Å²) in [5.74, 6) is -0.752. The molecule has 0 saturated carbocycles. The molecule has 1 atom stereocenters. The molecular formula is C25H21NO3S. The molecule has 4 aromatic rings. The molecule has 0 fully saturated rings. The number of nitrogens with one attached hydrogen (secondary N) is 1. The summed E-state index contributed by atoms with van der Waals surface area (Å²) in [5, 5.41) is 7.04. The average Bonchev–Trinajstić information content (AvgIpc) is 3.31. The minimum absolute atomic E-state index is 0.127. The predicted octanol–water partition coefficient (Wildman–Crippen LogP) is 4.89. The molecular weight excluding hydrogens is 394 g/mol. The van der Waals surface area contributed by atoms with Gasteiger partial charge in [0.05, 0.1) is 12.5 Å². The second kappa shape index (κ2) is 9.37. The molecule has 1 aromatic heterocycles. The summed E-state index contributed by atoms with van der Waals surface area (Å²) < 4.78 is 5.26. The summed E-state index contributed by atoms with van der Waals surface area (Å²) in [4.78, 5) is 25.9.